The number of carbonyl (C=O) groups excluding carboxylic acids is 1. The number of fused-ring (bicyclic) bond motifs is 1. The summed E-state index contributed by atoms with van der Waals surface area (Å²) in [5.41, 5.74) is 3.11. The number of nitrogens with zero attached hydrogens (tertiary/aromatic N) is 4. The largest absolute Gasteiger partial charge is 0.356 e. The van der Waals surface area contributed by atoms with E-state index in [1.54, 1.807) is 0 Å². The molecule has 4 rings (SSSR count). The number of anilines is 1. The number of hydrogen-bond acceptors (Lipinski definition) is 4. The van der Waals surface area contributed by atoms with Crippen LogP contribution in [0.1, 0.15) is 46.7 Å². The van der Waals surface area contributed by atoms with Crippen molar-refractivity contribution in [2.45, 2.75) is 39.2 Å². The predicted octanol–water partition coefficient (Wildman–Crippen LogP) is 2.97. The van der Waals surface area contributed by atoms with Crippen molar-refractivity contribution in [3.8, 4) is 0 Å². The maximum atomic E-state index is 13.0. The molecule has 0 aliphatic carbocycles. The highest BCUT2D eigenvalue weighted by Gasteiger charge is 2.24. The number of rotatable bonds is 2. The first-order valence-electron chi connectivity index (χ1n) is 9.17. The van der Waals surface area contributed by atoms with Crippen LogP contribution in [0, 0.1) is 6.92 Å². The second-order valence-electron chi connectivity index (χ2n) is 6.95. The fourth-order valence-electron chi connectivity index (χ4n) is 3.78. The average molecular weight is 336 g/mol. The third kappa shape index (κ3) is 3.36. The van der Waals surface area contributed by atoms with Crippen LogP contribution < -0.4 is 4.90 Å². The van der Waals surface area contributed by atoms with Crippen molar-refractivity contribution in [1.82, 2.24) is 14.9 Å². The maximum absolute atomic E-state index is 13.0. The molecule has 1 amide bonds. The van der Waals surface area contributed by atoms with Crippen LogP contribution in [0.2, 0.25) is 0 Å². The van der Waals surface area contributed by atoms with Crippen LogP contribution in [0.3, 0.4) is 0 Å². The monoisotopic (exact) mass is 336 g/mol. The Morgan fingerprint density at radius 2 is 1.76 bits per heavy atom. The van der Waals surface area contributed by atoms with Gasteiger partial charge in [-0.1, -0.05) is 24.3 Å². The van der Waals surface area contributed by atoms with Gasteiger partial charge in [-0.15, -0.1) is 0 Å². The number of aryl methyl sites for hydroxylation is 1. The van der Waals surface area contributed by atoms with Gasteiger partial charge in [-0.2, -0.15) is 0 Å². The van der Waals surface area contributed by atoms with Gasteiger partial charge in [-0.05, 0) is 43.7 Å². The molecule has 0 radical (unpaired) electrons. The topological polar surface area (TPSA) is 49.3 Å². The van der Waals surface area contributed by atoms with Gasteiger partial charge in [0.2, 0.25) is 0 Å². The van der Waals surface area contributed by atoms with E-state index < -0.39 is 0 Å². The minimum atomic E-state index is 0.0123. The van der Waals surface area contributed by atoms with Gasteiger partial charge in [0.1, 0.15) is 17.3 Å². The van der Waals surface area contributed by atoms with E-state index in [2.05, 4.69) is 33.1 Å². The lowest BCUT2D eigenvalue weighted by Gasteiger charge is -2.30. The summed E-state index contributed by atoms with van der Waals surface area (Å²) in [5, 5.41) is 0. The number of carbonyl (C=O) groups is 1. The molecule has 1 aromatic heterocycles. The van der Waals surface area contributed by atoms with E-state index in [4.69, 9.17) is 0 Å². The summed E-state index contributed by atoms with van der Waals surface area (Å²) in [7, 11) is 0. The summed E-state index contributed by atoms with van der Waals surface area (Å²) in [6.07, 6.45) is 4.56. The summed E-state index contributed by atoms with van der Waals surface area (Å²) in [5.74, 6) is 1.58. The molecule has 3 heterocycles. The van der Waals surface area contributed by atoms with Crippen molar-refractivity contribution in [2.24, 2.45) is 0 Å². The first-order valence-corrected chi connectivity index (χ1v) is 9.17. The van der Waals surface area contributed by atoms with Crippen LogP contribution in [-0.4, -0.2) is 40.4 Å². The summed E-state index contributed by atoms with van der Waals surface area (Å²) >= 11 is 0. The van der Waals surface area contributed by atoms with Crippen LogP contribution in [0.15, 0.2) is 30.3 Å². The minimum absolute atomic E-state index is 0.0123. The molecule has 5 nitrogen and oxygen atoms in total. The zero-order chi connectivity index (χ0) is 17.2. The van der Waals surface area contributed by atoms with Gasteiger partial charge in [0.25, 0.3) is 5.91 Å². The molecule has 2 aliphatic heterocycles. The number of benzene rings is 1. The molecule has 0 N–H and O–H groups in total. The van der Waals surface area contributed by atoms with Crippen molar-refractivity contribution < 1.29 is 4.79 Å². The second-order valence-corrected chi connectivity index (χ2v) is 6.95. The molecular weight excluding hydrogens is 312 g/mol. The lowest BCUT2D eigenvalue weighted by atomic mass is 10.00. The van der Waals surface area contributed by atoms with Crippen molar-refractivity contribution in [1.29, 1.82) is 0 Å². The van der Waals surface area contributed by atoms with Crippen molar-refractivity contribution >= 4 is 11.7 Å². The van der Waals surface area contributed by atoms with Crippen LogP contribution >= 0.6 is 0 Å². The van der Waals surface area contributed by atoms with Gasteiger partial charge < -0.3 is 9.80 Å². The molecule has 5 heteroatoms. The van der Waals surface area contributed by atoms with Gasteiger partial charge >= 0.3 is 0 Å². The Balaban J connectivity index is 1.57. The Bertz CT molecular complexity index is 783. The fourth-order valence-corrected chi connectivity index (χ4v) is 3.78. The van der Waals surface area contributed by atoms with E-state index in [0.29, 0.717) is 18.1 Å². The number of hydrogen-bond donors (Lipinski definition) is 0. The Kier molecular flexibility index (Phi) is 4.38. The van der Waals surface area contributed by atoms with Crippen LogP contribution in [0.5, 0.6) is 0 Å². The summed E-state index contributed by atoms with van der Waals surface area (Å²) < 4.78 is 0. The highest BCUT2D eigenvalue weighted by atomic mass is 16.2. The SMILES string of the molecule is Cc1nc(C(=O)N2CCc3ccccc3C2)cc(N2CCCCC2)n1. The summed E-state index contributed by atoms with van der Waals surface area (Å²) in [6, 6.07) is 10.2. The third-order valence-electron chi connectivity index (χ3n) is 5.14. The molecule has 0 saturated carbocycles. The summed E-state index contributed by atoms with van der Waals surface area (Å²) in [4.78, 5) is 26.2. The Labute approximate surface area is 148 Å². The zero-order valence-electron chi connectivity index (χ0n) is 14.7. The molecule has 0 atom stereocenters. The average Bonchev–Trinajstić information content (AvgIpc) is 2.67. The molecule has 1 saturated heterocycles. The van der Waals surface area contributed by atoms with E-state index in [1.165, 1.54) is 30.4 Å². The second kappa shape index (κ2) is 6.82. The Morgan fingerprint density at radius 3 is 2.56 bits per heavy atom. The first kappa shape index (κ1) is 16.1. The van der Waals surface area contributed by atoms with Gasteiger partial charge in [-0.25, -0.2) is 9.97 Å². The van der Waals surface area contributed by atoms with Crippen LogP contribution in [-0.2, 0) is 13.0 Å². The highest BCUT2D eigenvalue weighted by Crippen LogP contribution is 2.22. The molecule has 2 aliphatic rings. The molecule has 0 unspecified atom stereocenters. The minimum Gasteiger partial charge on any atom is -0.356 e. The Morgan fingerprint density at radius 1 is 1.00 bits per heavy atom. The van der Waals surface area contributed by atoms with E-state index in [9.17, 15) is 4.79 Å². The van der Waals surface area contributed by atoms with Gasteiger partial charge in [-0.3, -0.25) is 4.79 Å². The van der Waals surface area contributed by atoms with E-state index in [1.807, 2.05) is 24.0 Å². The van der Waals surface area contributed by atoms with Gasteiger partial charge in [0.15, 0.2) is 0 Å². The lowest BCUT2D eigenvalue weighted by molar-refractivity contribution is 0.0728. The molecule has 2 aromatic rings. The van der Waals surface area contributed by atoms with Crippen molar-refractivity contribution in [3.63, 3.8) is 0 Å². The van der Waals surface area contributed by atoms with Crippen molar-refractivity contribution in [3.05, 3.63) is 53.0 Å². The normalized spacial score (nSPS) is 17.3. The van der Waals surface area contributed by atoms with Crippen LogP contribution in [0.25, 0.3) is 0 Å². The van der Waals surface area contributed by atoms with Gasteiger partial charge in [0.05, 0.1) is 0 Å². The molecule has 0 spiro atoms. The fraction of sp³-hybridized carbons (Fsp3) is 0.450. The highest BCUT2D eigenvalue weighted by molar-refractivity contribution is 5.93. The molecule has 0 bridgehead atoms. The molecule has 1 aromatic carbocycles. The zero-order valence-corrected chi connectivity index (χ0v) is 14.7. The standard InChI is InChI=1S/C20H24N4O/c1-15-21-18(13-19(22-15)23-10-5-2-6-11-23)20(25)24-12-9-16-7-3-4-8-17(16)14-24/h3-4,7-8,13H,2,5-6,9-12,14H2,1H3. The number of aromatic nitrogens is 2. The predicted molar refractivity (Wildman–Crippen MR) is 97.7 cm³/mol. The number of amides is 1. The molecular formula is C20H24N4O. The maximum Gasteiger partial charge on any atom is 0.272 e. The van der Waals surface area contributed by atoms with Crippen LogP contribution in [0.4, 0.5) is 5.82 Å². The molecule has 25 heavy (non-hydrogen) atoms. The number of piperidine rings is 1. The Hall–Kier alpha value is -2.43. The smallest absolute Gasteiger partial charge is 0.272 e. The van der Waals surface area contributed by atoms with Gasteiger partial charge in [0, 0.05) is 32.2 Å². The quantitative estimate of drug-likeness (QED) is 0.846. The first-order chi connectivity index (χ1) is 12.2. The third-order valence-corrected chi connectivity index (χ3v) is 5.14. The van der Waals surface area contributed by atoms with E-state index in [-0.39, 0.29) is 5.91 Å². The summed E-state index contributed by atoms with van der Waals surface area (Å²) in [6.45, 7) is 5.31. The molecule has 130 valence electrons. The van der Waals surface area contributed by atoms with E-state index in [0.717, 1.165) is 31.9 Å². The lowest BCUT2D eigenvalue weighted by Crippen LogP contribution is -2.37. The van der Waals surface area contributed by atoms with E-state index >= 15 is 0 Å². The van der Waals surface area contributed by atoms with Crippen molar-refractivity contribution in [2.75, 3.05) is 24.5 Å². The molecule has 1 fully saturated rings.